The zero-order chi connectivity index (χ0) is 21.7. The van der Waals surface area contributed by atoms with Gasteiger partial charge in [-0.1, -0.05) is 23.7 Å². The summed E-state index contributed by atoms with van der Waals surface area (Å²) in [6.45, 7) is 2.69. The van der Waals surface area contributed by atoms with Crippen molar-refractivity contribution in [2.45, 2.75) is 13.0 Å². The first kappa shape index (κ1) is 22.0. The van der Waals surface area contributed by atoms with E-state index in [2.05, 4.69) is 5.32 Å². The Kier molecular flexibility index (Phi) is 6.94. The molecule has 0 radical (unpaired) electrons. The number of para-hydroxylation sites is 1. The maximum absolute atomic E-state index is 12.6. The fourth-order valence-corrected chi connectivity index (χ4v) is 4.38. The molecule has 0 fully saturated rings. The Morgan fingerprint density at radius 2 is 1.90 bits per heavy atom. The molecule has 0 unspecified atom stereocenters. The molecular weight excluding hydrogens is 432 g/mol. The van der Waals surface area contributed by atoms with Gasteiger partial charge in [0.2, 0.25) is 15.9 Å². The lowest BCUT2D eigenvalue weighted by molar-refractivity contribution is -0.121. The zero-order valence-electron chi connectivity index (χ0n) is 16.6. The second kappa shape index (κ2) is 9.44. The van der Waals surface area contributed by atoms with E-state index < -0.39 is 22.0 Å². The van der Waals surface area contributed by atoms with Gasteiger partial charge in [0, 0.05) is 6.07 Å². The number of ether oxygens (including phenoxy) is 3. The molecule has 30 heavy (non-hydrogen) atoms. The minimum atomic E-state index is -3.74. The van der Waals surface area contributed by atoms with Gasteiger partial charge < -0.3 is 19.5 Å². The van der Waals surface area contributed by atoms with Crippen molar-refractivity contribution >= 4 is 33.2 Å². The molecule has 2 aromatic carbocycles. The fourth-order valence-electron chi connectivity index (χ4n) is 3.02. The summed E-state index contributed by atoms with van der Waals surface area (Å²) in [5.74, 6) is 1.02. The number of amides is 1. The van der Waals surface area contributed by atoms with E-state index >= 15 is 0 Å². The molecule has 1 N–H and O–H groups in total. The molecule has 3 rings (SSSR count). The normalized spacial score (nSPS) is 14.0. The smallest absolute Gasteiger partial charge is 0.243 e. The number of nitrogens with zero attached hydrogens (tertiary/aromatic N) is 1. The highest BCUT2D eigenvalue weighted by Crippen LogP contribution is 2.35. The Bertz CT molecular complexity index is 1010. The molecule has 1 aliphatic heterocycles. The molecule has 162 valence electrons. The molecular formula is C20H23ClN2O6S. The van der Waals surface area contributed by atoms with Crippen LogP contribution in [0.5, 0.6) is 17.2 Å². The van der Waals surface area contributed by atoms with Crippen molar-refractivity contribution in [2.75, 3.05) is 36.9 Å². The first-order chi connectivity index (χ1) is 14.3. The lowest BCUT2D eigenvalue weighted by Gasteiger charge is -2.29. The molecule has 0 aromatic heterocycles. The van der Waals surface area contributed by atoms with E-state index in [1.54, 1.807) is 42.5 Å². The Balaban J connectivity index is 1.66. The van der Waals surface area contributed by atoms with E-state index in [0.29, 0.717) is 41.2 Å². The van der Waals surface area contributed by atoms with Gasteiger partial charge in [0.15, 0.2) is 11.5 Å². The van der Waals surface area contributed by atoms with Crippen molar-refractivity contribution in [3.63, 3.8) is 0 Å². The lowest BCUT2D eigenvalue weighted by atomic mass is 10.2. The van der Waals surface area contributed by atoms with Gasteiger partial charge in [-0.3, -0.25) is 9.10 Å². The molecule has 1 amide bonds. The number of fused-ring (bicyclic) bond motifs is 1. The van der Waals surface area contributed by atoms with Crippen LogP contribution in [0, 0.1) is 0 Å². The molecule has 0 saturated carbocycles. The van der Waals surface area contributed by atoms with Gasteiger partial charge in [0.1, 0.15) is 31.6 Å². The minimum Gasteiger partial charge on any atom is -0.490 e. The standard InChI is InChI=1S/C20H23ClN2O6S/c1-14(20(24)22-9-10-27-17-6-4-3-5-16(17)21)23(30(2,25)26)15-7-8-18-19(13-15)29-12-11-28-18/h3-8,13-14H,9-12H2,1-2H3,(H,22,24)/t14-/m0/s1. The van der Waals surface area contributed by atoms with Crippen molar-refractivity contribution in [2.24, 2.45) is 0 Å². The summed E-state index contributed by atoms with van der Waals surface area (Å²) >= 11 is 6.02. The maximum atomic E-state index is 12.6. The molecule has 0 aliphatic carbocycles. The van der Waals surface area contributed by atoms with Crippen LogP contribution in [0.4, 0.5) is 5.69 Å². The van der Waals surface area contributed by atoms with Crippen molar-refractivity contribution < 1.29 is 27.4 Å². The monoisotopic (exact) mass is 454 g/mol. The van der Waals surface area contributed by atoms with Gasteiger partial charge in [-0.25, -0.2) is 8.42 Å². The van der Waals surface area contributed by atoms with Crippen LogP contribution in [0.25, 0.3) is 0 Å². The van der Waals surface area contributed by atoms with Crippen LogP contribution < -0.4 is 23.8 Å². The summed E-state index contributed by atoms with van der Waals surface area (Å²) < 4.78 is 42.4. The van der Waals surface area contributed by atoms with E-state index in [4.69, 9.17) is 25.8 Å². The number of anilines is 1. The highest BCUT2D eigenvalue weighted by molar-refractivity contribution is 7.92. The predicted octanol–water partition coefficient (Wildman–Crippen LogP) is 2.46. The number of hydrogen-bond acceptors (Lipinski definition) is 6. The summed E-state index contributed by atoms with van der Waals surface area (Å²) in [4.78, 5) is 12.6. The molecule has 0 saturated heterocycles. The van der Waals surface area contributed by atoms with Crippen LogP contribution in [0.1, 0.15) is 6.92 Å². The van der Waals surface area contributed by atoms with E-state index in [-0.39, 0.29) is 13.2 Å². The summed E-state index contributed by atoms with van der Waals surface area (Å²) in [6.07, 6.45) is 1.05. The minimum absolute atomic E-state index is 0.186. The average molecular weight is 455 g/mol. The van der Waals surface area contributed by atoms with Gasteiger partial charge in [-0.15, -0.1) is 0 Å². The number of halogens is 1. The lowest BCUT2D eigenvalue weighted by Crippen LogP contribution is -2.48. The third-order valence-electron chi connectivity index (χ3n) is 4.36. The number of carbonyl (C=O) groups excluding carboxylic acids is 1. The highest BCUT2D eigenvalue weighted by atomic mass is 35.5. The summed E-state index contributed by atoms with van der Waals surface area (Å²) in [7, 11) is -3.74. The Hall–Kier alpha value is -2.65. The number of sulfonamides is 1. The molecule has 2 aromatic rings. The van der Waals surface area contributed by atoms with Gasteiger partial charge in [0.05, 0.1) is 23.5 Å². The Labute approximate surface area is 180 Å². The largest absolute Gasteiger partial charge is 0.490 e. The zero-order valence-corrected chi connectivity index (χ0v) is 18.2. The summed E-state index contributed by atoms with van der Waals surface area (Å²) in [5, 5.41) is 3.16. The molecule has 0 bridgehead atoms. The number of nitrogens with one attached hydrogen (secondary N) is 1. The van der Waals surface area contributed by atoms with Crippen molar-refractivity contribution in [3.05, 3.63) is 47.5 Å². The van der Waals surface area contributed by atoms with Gasteiger partial charge in [-0.2, -0.15) is 0 Å². The predicted molar refractivity (Wildman–Crippen MR) is 114 cm³/mol. The number of benzene rings is 2. The fraction of sp³-hybridized carbons (Fsp3) is 0.350. The molecule has 8 nitrogen and oxygen atoms in total. The summed E-state index contributed by atoms with van der Waals surface area (Å²) in [5.41, 5.74) is 0.316. The number of rotatable bonds is 8. The first-order valence-electron chi connectivity index (χ1n) is 9.31. The topological polar surface area (TPSA) is 94.2 Å². The Morgan fingerprint density at radius 1 is 1.20 bits per heavy atom. The maximum Gasteiger partial charge on any atom is 0.243 e. The Morgan fingerprint density at radius 3 is 2.60 bits per heavy atom. The van der Waals surface area contributed by atoms with Crippen LogP contribution in [0.2, 0.25) is 5.02 Å². The third-order valence-corrected chi connectivity index (χ3v) is 5.92. The van der Waals surface area contributed by atoms with Crippen LogP contribution in [0.3, 0.4) is 0 Å². The van der Waals surface area contributed by atoms with Crippen LogP contribution in [-0.2, 0) is 14.8 Å². The molecule has 1 aliphatic rings. The molecule has 1 atom stereocenters. The number of hydrogen-bond donors (Lipinski definition) is 1. The molecule has 1 heterocycles. The van der Waals surface area contributed by atoms with Crippen molar-refractivity contribution in [1.29, 1.82) is 0 Å². The second-order valence-electron chi connectivity index (χ2n) is 6.63. The van der Waals surface area contributed by atoms with E-state index in [9.17, 15) is 13.2 Å². The summed E-state index contributed by atoms with van der Waals surface area (Å²) in [6, 6.07) is 10.8. The third kappa shape index (κ3) is 5.28. The van der Waals surface area contributed by atoms with E-state index in [1.165, 1.54) is 6.92 Å². The number of carbonyl (C=O) groups is 1. The van der Waals surface area contributed by atoms with Crippen LogP contribution >= 0.6 is 11.6 Å². The second-order valence-corrected chi connectivity index (χ2v) is 8.90. The van der Waals surface area contributed by atoms with Crippen LogP contribution in [-0.4, -0.2) is 53.0 Å². The van der Waals surface area contributed by atoms with Gasteiger partial charge in [-0.05, 0) is 31.2 Å². The molecule has 10 heteroatoms. The molecule has 0 spiro atoms. The van der Waals surface area contributed by atoms with E-state index in [1.807, 2.05) is 0 Å². The first-order valence-corrected chi connectivity index (χ1v) is 11.5. The average Bonchev–Trinajstić information content (AvgIpc) is 2.71. The van der Waals surface area contributed by atoms with Gasteiger partial charge in [0.25, 0.3) is 0 Å². The van der Waals surface area contributed by atoms with Gasteiger partial charge >= 0.3 is 0 Å². The SMILES string of the molecule is C[C@@H](C(=O)NCCOc1ccccc1Cl)N(c1ccc2c(c1)OCCO2)S(C)(=O)=O. The van der Waals surface area contributed by atoms with Crippen molar-refractivity contribution in [1.82, 2.24) is 5.32 Å². The van der Waals surface area contributed by atoms with Crippen LogP contribution in [0.15, 0.2) is 42.5 Å². The quantitative estimate of drug-likeness (QED) is 0.616. The highest BCUT2D eigenvalue weighted by Gasteiger charge is 2.30. The van der Waals surface area contributed by atoms with E-state index in [0.717, 1.165) is 10.6 Å². The van der Waals surface area contributed by atoms with Crippen molar-refractivity contribution in [3.8, 4) is 17.2 Å².